The number of fused-ring (bicyclic) bond motifs is 3. The van der Waals surface area contributed by atoms with E-state index < -0.39 is 4.87 Å². The van der Waals surface area contributed by atoms with Crippen molar-refractivity contribution in [1.29, 1.82) is 0 Å². The maximum absolute atomic E-state index is 14.1. The lowest BCUT2D eigenvalue weighted by atomic mass is 9.76. The fourth-order valence-corrected chi connectivity index (χ4v) is 5.05. The van der Waals surface area contributed by atoms with Gasteiger partial charge in [0, 0.05) is 18.7 Å². The monoisotopic (exact) mass is 411 g/mol. The lowest BCUT2D eigenvalue weighted by Crippen LogP contribution is -2.26. The summed E-state index contributed by atoms with van der Waals surface area (Å²) in [7, 11) is 2.09. The van der Waals surface area contributed by atoms with Crippen LogP contribution >= 0.6 is 11.6 Å². The lowest BCUT2D eigenvalue weighted by Gasteiger charge is -2.36. The van der Waals surface area contributed by atoms with Gasteiger partial charge in [0.15, 0.2) is 5.82 Å². The van der Waals surface area contributed by atoms with E-state index >= 15 is 0 Å². The van der Waals surface area contributed by atoms with Gasteiger partial charge < -0.3 is 0 Å². The smallest absolute Gasteiger partial charge is 0.151 e. The average Bonchev–Trinajstić information content (AvgIpc) is 3.12. The van der Waals surface area contributed by atoms with Gasteiger partial charge >= 0.3 is 0 Å². The first-order valence-corrected chi connectivity index (χ1v) is 10.4. The van der Waals surface area contributed by atoms with Gasteiger partial charge in [-0.05, 0) is 62.1 Å². The number of benzene rings is 1. The normalized spacial score (nSPS) is 24.6. The molecule has 1 aliphatic carbocycles. The molecule has 0 atom stereocenters. The van der Waals surface area contributed by atoms with E-state index in [9.17, 15) is 4.39 Å². The second-order valence-electron chi connectivity index (χ2n) is 8.24. The van der Waals surface area contributed by atoms with Gasteiger partial charge in [0.2, 0.25) is 0 Å². The maximum atomic E-state index is 14.1. The van der Waals surface area contributed by atoms with Gasteiger partial charge in [-0.1, -0.05) is 12.1 Å². The molecule has 0 radical (unpaired) electrons. The molecule has 150 valence electrons. The third kappa shape index (κ3) is 3.34. The van der Waals surface area contributed by atoms with Crippen molar-refractivity contribution in [3.8, 4) is 5.69 Å². The highest BCUT2D eigenvalue weighted by atomic mass is 35.5. The Kier molecular flexibility index (Phi) is 4.63. The van der Waals surface area contributed by atoms with Gasteiger partial charge in [-0.15, -0.1) is 21.8 Å². The van der Waals surface area contributed by atoms with Crippen LogP contribution in [0.25, 0.3) is 5.69 Å². The molecule has 1 saturated carbocycles. The molecule has 7 heteroatoms. The number of pyridine rings is 1. The topological polar surface area (TPSA) is 46.8 Å². The van der Waals surface area contributed by atoms with E-state index in [-0.39, 0.29) is 11.7 Å². The van der Waals surface area contributed by atoms with E-state index in [1.807, 2.05) is 0 Å². The molecule has 3 heterocycles. The van der Waals surface area contributed by atoms with Crippen LogP contribution in [-0.2, 0) is 18.0 Å². The molecule has 3 aromatic rings. The van der Waals surface area contributed by atoms with Crippen LogP contribution in [0, 0.1) is 5.82 Å². The summed E-state index contributed by atoms with van der Waals surface area (Å²) in [5.74, 6) is 0.865. The molecular weight excluding hydrogens is 389 g/mol. The van der Waals surface area contributed by atoms with Gasteiger partial charge in [-0.3, -0.25) is 14.5 Å². The molecule has 5 rings (SSSR count). The van der Waals surface area contributed by atoms with Gasteiger partial charge in [0.25, 0.3) is 0 Å². The molecule has 1 fully saturated rings. The Labute approximate surface area is 174 Å². The van der Waals surface area contributed by atoms with Crippen molar-refractivity contribution in [3.05, 3.63) is 71.3 Å². The zero-order valence-corrected chi connectivity index (χ0v) is 17.1. The van der Waals surface area contributed by atoms with Gasteiger partial charge in [0.1, 0.15) is 12.1 Å². The third-order valence-electron chi connectivity index (χ3n) is 6.28. The first kappa shape index (κ1) is 18.7. The molecule has 0 spiro atoms. The lowest BCUT2D eigenvalue weighted by molar-refractivity contribution is 0.314. The number of halogens is 2. The van der Waals surface area contributed by atoms with Crippen LogP contribution in [0.5, 0.6) is 0 Å². The summed E-state index contributed by atoms with van der Waals surface area (Å²) in [6, 6.07) is 9.62. The molecule has 1 aromatic carbocycles. The minimum atomic E-state index is -0.419. The number of hydrogen-bond acceptors (Lipinski definition) is 4. The second kappa shape index (κ2) is 7.18. The van der Waals surface area contributed by atoms with Crippen LogP contribution in [0.4, 0.5) is 4.39 Å². The third-order valence-corrected chi connectivity index (χ3v) is 6.87. The van der Waals surface area contributed by atoms with Crippen LogP contribution in [0.3, 0.4) is 0 Å². The zero-order valence-electron chi connectivity index (χ0n) is 16.4. The van der Waals surface area contributed by atoms with Crippen LogP contribution in [0.2, 0.25) is 0 Å². The molecule has 29 heavy (non-hydrogen) atoms. The van der Waals surface area contributed by atoms with Gasteiger partial charge in [-0.25, -0.2) is 4.39 Å². The molecule has 2 aromatic heterocycles. The summed E-state index contributed by atoms with van der Waals surface area (Å²) in [6.07, 6.45) is 6.73. The molecule has 2 aliphatic rings. The van der Waals surface area contributed by atoms with Crippen LogP contribution in [0.15, 0.2) is 42.9 Å². The number of nitrogens with zero attached hydrogens (tertiary/aromatic N) is 5. The van der Waals surface area contributed by atoms with E-state index in [4.69, 9.17) is 11.6 Å². The number of aromatic nitrogens is 4. The van der Waals surface area contributed by atoms with Crippen molar-refractivity contribution in [3.63, 3.8) is 0 Å². The quantitative estimate of drug-likeness (QED) is 0.581. The highest BCUT2D eigenvalue weighted by Crippen LogP contribution is 2.48. The van der Waals surface area contributed by atoms with Gasteiger partial charge in [-0.2, -0.15) is 0 Å². The summed E-state index contributed by atoms with van der Waals surface area (Å²) >= 11 is 7.13. The molecule has 0 unspecified atom stereocenters. The van der Waals surface area contributed by atoms with E-state index in [0.29, 0.717) is 5.69 Å². The Balaban J connectivity index is 1.42. The summed E-state index contributed by atoms with van der Waals surface area (Å²) < 4.78 is 16.2. The Morgan fingerprint density at radius 3 is 2.79 bits per heavy atom. The molecular formula is C22H23ClFN5. The van der Waals surface area contributed by atoms with E-state index in [2.05, 4.69) is 49.9 Å². The van der Waals surface area contributed by atoms with Gasteiger partial charge in [0.05, 0.1) is 22.8 Å². The Bertz CT molecular complexity index is 1040. The van der Waals surface area contributed by atoms with Crippen molar-refractivity contribution >= 4 is 11.6 Å². The minimum absolute atomic E-state index is 0.134. The Morgan fingerprint density at radius 2 is 2.00 bits per heavy atom. The number of hydrogen-bond donors (Lipinski definition) is 0. The molecule has 1 aliphatic heterocycles. The number of rotatable bonds is 2. The first-order valence-electron chi connectivity index (χ1n) is 10.0. The highest BCUT2D eigenvalue weighted by molar-refractivity contribution is 6.24. The standard InChI is InChI=1S/C22H23ClFN5/c1-28-12-16-11-17(4-5-19(16)29-14-26-27-20(29)13-28)22(23)8-6-15(7-9-22)21-18(24)3-2-10-25-21/h2-5,10-11,14-15H,6-9,12-13H2,1H3. The van der Waals surface area contributed by atoms with Crippen LogP contribution in [0.1, 0.15) is 54.2 Å². The van der Waals surface area contributed by atoms with Crippen LogP contribution < -0.4 is 0 Å². The summed E-state index contributed by atoms with van der Waals surface area (Å²) in [5.41, 5.74) is 4.06. The van der Waals surface area contributed by atoms with Crippen molar-refractivity contribution in [2.24, 2.45) is 0 Å². The molecule has 0 saturated heterocycles. The molecule has 5 nitrogen and oxygen atoms in total. The van der Waals surface area contributed by atoms with Crippen molar-refractivity contribution in [2.45, 2.75) is 49.6 Å². The summed E-state index contributed by atoms with van der Waals surface area (Å²) in [6.45, 7) is 1.59. The summed E-state index contributed by atoms with van der Waals surface area (Å²) in [5, 5.41) is 8.32. The zero-order chi connectivity index (χ0) is 20.0. The molecule has 0 amide bonds. The first-order chi connectivity index (χ1) is 14.0. The fraction of sp³-hybridized carbons (Fsp3) is 0.409. The second-order valence-corrected chi connectivity index (χ2v) is 8.97. The van der Waals surface area contributed by atoms with Crippen LogP contribution in [-0.4, -0.2) is 31.7 Å². The van der Waals surface area contributed by atoms with Crippen molar-refractivity contribution in [1.82, 2.24) is 24.6 Å². The van der Waals surface area contributed by atoms with E-state index in [1.54, 1.807) is 18.6 Å². The largest absolute Gasteiger partial charge is 0.295 e. The predicted octanol–water partition coefficient (Wildman–Crippen LogP) is 4.54. The highest BCUT2D eigenvalue weighted by Gasteiger charge is 2.37. The minimum Gasteiger partial charge on any atom is -0.295 e. The van der Waals surface area contributed by atoms with E-state index in [1.165, 1.54) is 11.6 Å². The Hall–Kier alpha value is -2.31. The maximum Gasteiger partial charge on any atom is 0.151 e. The average molecular weight is 412 g/mol. The molecule has 0 bridgehead atoms. The van der Waals surface area contributed by atoms with Crippen molar-refractivity contribution < 1.29 is 4.39 Å². The van der Waals surface area contributed by atoms with Crippen molar-refractivity contribution in [2.75, 3.05) is 7.05 Å². The van der Waals surface area contributed by atoms with E-state index in [0.717, 1.165) is 55.8 Å². The Morgan fingerprint density at radius 1 is 1.17 bits per heavy atom. The summed E-state index contributed by atoms with van der Waals surface area (Å²) in [4.78, 5) is 6.09. The molecule has 0 N–H and O–H groups in total. The SMILES string of the molecule is CN1Cc2cc(C3(Cl)CCC(c4ncccc4F)CC3)ccc2-n2cnnc2C1. The number of alkyl halides is 1. The fourth-order valence-electron chi connectivity index (χ4n) is 4.72. The predicted molar refractivity (Wildman–Crippen MR) is 109 cm³/mol.